The van der Waals surface area contributed by atoms with Gasteiger partial charge in [0.1, 0.15) is 11.3 Å². The number of hydrogen-bond acceptors (Lipinski definition) is 4. The van der Waals surface area contributed by atoms with Gasteiger partial charge in [0.05, 0.1) is 5.52 Å². The predicted molar refractivity (Wildman–Crippen MR) is 54.6 cm³/mol. The maximum atomic E-state index is 12.8. The molecule has 15 heavy (non-hydrogen) atoms. The van der Waals surface area contributed by atoms with E-state index in [-0.39, 0.29) is 11.9 Å². The van der Waals surface area contributed by atoms with Gasteiger partial charge in [-0.3, -0.25) is 0 Å². The Kier molecular flexibility index (Phi) is 2.55. The lowest BCUT2D eigenvalue weighted by molar-refractivity contribution is 0.628. The normalized spacial score (nSPS) is 13.0. The lowest BCUT2D eigenvalue weighted by Crippen LogP contribution is -2.19. The second-order valence-corrected chi connectivity index (χ2v) is 3.54. The molecule has 1 aromatic heterocycles. The monoisotopic (exact) mass is 206 g/mol. The van der Waals surface area contributed by atoms with Crippen molar-refractivity contribution in [1.82, 2.24) is 15.2 Å². The Morgan fingerprint density at radius 3 is 2.87 bits per heavy atom. The molecule has 0 saturated heterocycles. The summed E-state index contributed by atoms with van der Waals surface area (Å²) in [4.78, 5) is 4.24. The van der Waals surface area contributed by atoms with Crippen molar-refractivity contribution in [3.63, 3.8) is 0 Å². The van der Waals surface area contributed by atoms with Crippen LogP contribution in [0.1, 0.15) is 12.7 Å². The van der Waals surface area contributed by atoms with E-state index in [9.17, 15) is 4.39 Å². The number of nitrogens with two attached hydrogens (primary N) is 1. The number of benzene rings is 1. The zero-order valence-electron chi connectivity index (χ0n) is 8.31. The van der Waals surface area contributed by atoms with Gasteiger partial charge in [-0.25, -0.2) is 9.37 Å². The minimum Gasteiger partial charge on any atom is -0.328 e. The fourth-order valence-electron chi connectivity index (χ4n) is 1.32. The molecule has 4 nitrogen and oxygen atoms in total. The van der Waals surface area contributed by atoms with Crippen molar-refractivity contribution < 1.29 is 4.39 Å². The summed E-state index contributed by atoms with van der Waals surface area (Å²) in [5.41, 5.74) is 6.73. The zero-order chi connectivity index (χ0) is 10.8. The summed E-state index contributed by atoms with van der Waals surface area (Å²) in [5.74, 6) is 0.252. The summed E-state index contributed by atoms with van der Waals surface area (Å²) < 4.78 is 12.8. The number of halogens is 1. The molecule has 1 atom stereocenters. The zero-order valence-corrected chi connectivity index (χ0v) is 8.31. The van der Waals surface area contributed by atoms with Crippen molar-refractivity contribution in [2.24, 2.45) is 5.73 Å². The first kappa shape index (κ1) is 9.92. The van der Waals surface area contributed by atoms with E-state index in [1.54, 1.807) is 6.07 Å². The quantitative estimate of drug-likeness (QED) is 0.797. The lowest BCUT2D eigenvalue weighted by atomic mass is 10.2. The molecule has 0 bridgehead atoms. The molecule has 0 amide bonds. The Hall–Kier alpha value is -1.62. The van der Waals surface area contributed by atoms with E-state index in [0.717, 1.165) is 0 Å². The Bertz CT molecular complexity index is 484. The second kappa shape index (κ2) is 3.86. The summed E-state index contributed by atoms with van der Waals surface area (Å²) >= 11 is 0. The van der Waals surface area contributed by atoms with Crippen LogP contribution >= 0.6 is 0 Å². The molecular weight excluding hydrogens is 195 g/mol. The molecular formula is C10H11FN4. The second-order valence-electron chi connectivity index (χ2n) is 3.54. The largest absolute Gasteiger partial charge is 0.328 e. The third-order valence-electron chi connectivity index (χ3n) is 1.96. The molecule has 2 N–H and O–H groups in total. The molecule has 2 rings (SSSR count). The summed E-state index contributed by atoms with van der Waals surface area (Å²) in [6, 6.07) is 4.24. The van der Waals surface area contributed by atoms with Gasteiger partial charge in [0.2, 0.25) is 0 Å². The van der Waals surface area contributed by atoms with Crippen LogP contribution in [0.4, 0.5) is 4.39 Å². The molecule has 0 spiro atoms. The highest BCUT2D eigenvalue weighted by Crippen LogP contribution is 2.10. The first-order valence-corrected chi connectivity index (χ1v) is 4.69. The maximum absolute atomic E-state index is 12.8. The Labute approximate surface area is 86.3 Å². The lowest BCUT2D eigenvalue weighted by Gasteiger charge is -2.03. The standard InChI is InChI=1S/C10H11FN4/c1-6(12)4-10-13-8-3-2-7(11)5-9(8)14-15-10/h2-3,5-6H,4,12H2,1H3. The van der Waals surface area contributed by atoms with E-state index >= 15 is 0 Å². The third kappa shape index (κ3) is 2.24. The van der Waals surface area contributed by atoms with Crippen LogP contribution in [0.3, 0.4) is 0 Å². The highest BCUT2D eigenvalue weighted by Gasteiger charge is 2.04. The summed E-state index contributed by atoms with van der Waals surface area (Å²) in [5, 5.41) is 7.77. The molecule has 78 valence electrons. The fourth-order valence-corrected chi connectivity index (χ4v) is 1.32. The van der Waals surface area contributed by atoms with Gasteiger partial charge in [-0.05, 0) is 19.1 Å². The van der Waals surface area contributed by atoms with Crippen LogP contribution in [0.25, 0.3) is 11.0 Å². The average Bonchev–Trinajstić information content (AvgIpc) is 2.17. The molecule has 0 fully saturated rings. The van der Waals surface area contributed by atoms with E-state index in [4.69, 9.17) is 5.73 Å². The Morgan fingerprint density at radius 1 is 1.33 bits per heavy atom. The van der Waals surface area contributed by atoms with Crippen molar-refractivity contribution in [2.45, 2.75) is 19.4 Å². The van der Waals surface area contributed by atoms with Gasteiger partial charge in [-0.2, -0.15) is 0 Å². The van der Waals surface area contributed by atoms with Crippen LogP contribution in [0.2, 0.25) is 0 Å². The van der Waals surface area contributed by atoms with E-state index in [0.29, 0.717) is 23.3 Å². The topological polar surface area (TPSA) is 64.7 Å². The number of aromatic nitrogens is 3. The molecule has 0 aliphatic carbocycles. The van der Waals surface area contributed by atoms with Gasteiger partial charge < -0.3 is 5.73 Å². The minimum absolute atomic E-state index is 0.00954. The fraction of sp³-hybridized carbons (Fsp3) is 0.300. The molecule has 0 radical (unpaired) electrons. The van der Waals surface area contributed by atoms with Crippen LogP contribution in [0.5, 0.6) is 0 Å². The third-order valence-corrected chi connectivity index (χ3v) is 1.96. The molecule has 0 aliphatic rings. The molecule has 1 aromatic carbocycles. The van der Waals surface area contributed by atoms with Crippen LogP contribution in [-0.4, -0.2) is 21.2 Å². The SMILES string of the molecule is CC(N)Cc1nnc2cc(F)ccc2n1. The van der Waals surface area contributed by atoms with Crippen molar-refractivity contribution in [3.8, 4) is 0 Å². The number of hydrogen-bond donors (Lipinski definition) is 1. The molecule has 0 aliphatic heterocycles. The van der Waals surface area contributed by atoms with Gasteiger partial charge in [0, 0.05) is 18.5 Å². The first-order valence-electron chi connectivity index (χ1n) is 4.69. The van der Waals surface area contributed by atoms with E-state index in [1.165, 1.54) is 12.1 Å². The maximum Gasteiger partial charge on any atom is 0.153 e. The van der Waals surface area contributed by atoms with Gasteiger partial charge in [0.15, 0.2) is 5.82 Å². The average molecular weight is 206 g/mol. The Balaban J connectivity index is 2.43. The van der Waals surface area contributed by atoms with Crippen molar-refractivity contribution in [3.05, 3.63) is 29.8 Å². The summed E-state index contributed by atoms with van der Waals surface area (Å²) in [6.45, 7) is 1.87. The number of nitrogens with zero attached hydrogens (tertiary/aromatic N) is 3. The van der Waals surface area contributed by atoms with Crippen molar-refractivity contribution >= 4 is 11.0 Å². The number of fused-ring (bicyclic) bond motifs is 1. The highest BCUT2D eigenvalue weighted by atomic mass is 19.1. The van der Waals surface area contributed by atoms with E-state index in [1.807, 2.05) is 6.92 Å². The van der Waals surface area contributed by atoms with Gasteiger partial charge >= 0.3 is 0 Å². The smallest absolute Gasteiger partial charge is 0.153 e. The van der Waals surface area contributed by atoms with E-state index < -0.39 is 0 Å². The van der Waals surface area contributed by atoms with Crippen LogP contribution in [0.15, 0.2) is 18.2 Å². The molecule has 2 aromatic rings. The molecule has 1 unspecified atom stereocenters. The van der Waals surface area contributed by atoms with Gasteiger partial charge in [-0.1, -0.05) is 0 Å². The summed E-state index contributed by atoms with van der Waals surface area (Å²) in [7, 11) is 0. The van der Waals surface area contributed by atoms with Gasteiger partial charge in [0.25, 0.3) is 0 Å². The van der Waals surface area contributed by atoms with Crippen LogP contribution in [-0.2, 0) is 6.42 Å². The number of rotatable bonds is 2. The molecule has 1 heterocycles. The summed E-state index contributed by atoms with van der Waals surface area (Å²) in [6.07, 6.45) is 0.570. The van der Waals surface area contributed by atoms with Crippen LogP contribution in [0, 0.1) is 5.82 Å². The van der Waals surface area contributed by atoms with Crippen molar-refractivity contribution in [1.29, 1.82) is 0 Å². The van der Waals surface area contributed by atoms with Crippen molar-refractivity contribution in [2.75, 3.05) is 0 Å². The highest BCUT2D eigenvalue weighted by molar-refractivity contribution is 5.73. The van der Waals surface area contributed by atoms with Crippen LogP contribution < -0.4 is 5.73 Å². The Morgan fingerprint density at radius 2 is 2.13 bits per heavy atom. The molecule has 0 saturated carbocycles. The van der Waals surface area contributed by atoms with Gasteiger partial charge in [-0.15, -0.1) is 10.2 Å². The minimum atomic E-state index is -0.335. The van der Waals surface area contributed by atoms with E-state index in [2.05, 4.69) is 15.2 Å². The molecule has 5 heteroatoms. The predicted octanol–water partition coefficient (Wildman–Crippen LogP) is 1.05. The first-order chi connectivity index (χ1) is 7.15.